The molecule has 1 saturated carbocycles. The number of aliphatic carboxylic acids is 1. The minimum Gasteiger partial charge on any atom is -0.481 e. The maximum atomic E-state index is 11.6. The molecule has 3 N–H and O–H groups in total. The highest BCUT2D eigenvalue weighted by Gasteiger charge is 2.20. The number of hydrogen-bond donors (Lipinski definition) is 3. The number of nitrogens with one attached hydrogen (secondary N) is 1. The quantitative estimate of drug-likeness (QED) is 0.450. The number of rotatable bonds is 9. The van der Waals surface area contributed by atoms with Crippen LogP contribution in [0, 0.1) is 5.92 Å². The monoisotopic (exact) mass is 297 g/mol. The fourth-order valence-corrected chi connectivity index (χ4v) is 2.60. The van der Waals surface area contributed by atoms with Crippen LogP contribution in [0.3, 0.4) is 0 Å². The number of aliphatic hydroxyl groups is 1. The summed E-state index contributed by atoms with van der Waals surface area (Å²) in [5.74, 6) is -0.753. The Morgan fingerprint density at radius 3 is 2.52 bits per heavy atom. The predicted octanol–water partition coefficient (Wildman–Crippen LogP) is 2.25. The van der Waals surface area contributed by atoms with Crippen LogP contribution in [-0.2, 0) is 9.59 Å². The number of aliphatic hydroxyl groups excluding tert-OH is 1. The lowest BCUT2D eigenvalue weighted by molar-refractivity contribution is -0.137. The molecule has 0 heterocycles. The molecule has 5 heteroatoms. The lowest BCUT2D eigenvalue weighted by Gasteiger charge is -2.24. The average molecular weight is 297 g/mol. The van der Waals surface area contributed by atoms with Gasteiger partial charge in [0.15, 0.2) is 0 Å². The fraction of sp³-hybridized carbons (Fsp3) is 0.750. The summed E-state index contributed by atoms with van der Waals surface area (Å²) in [6.07, 6.45) is 10.6. The van der Waals surface area contributed by atoms with E-state index < -0.39 is 5.97 Å². The third kappa shape index (κ3) is 8.50. The van der Waals surface area contributed by atoms with Gasteiger partial charge in [-0.1, -0.05) is 31.8 Å². The van der Waals surface area contributed by atoms with Gasteiger partial charge in [-0.15, -0.1) is 0 Å². The maximum absolute atomic E-state index is 11.6. The van der Waals surface area contributed by atoms with Gasteiger partial charge in [0.05, 0.1) is 6.10 Å². The van der Waals surface area contributed by atoms with Crippen molar-refractivity contribution < 1.29 is 19.8 Å². The first-order chi connectivity index (χ1) is 10.1. The summed E-state index contributed by atoms with van der Waals surface area (Å²) < 4.78 is 0. The molecule has 0 radical (unpaired) electrons. The normalized spacial score (nSPS) is 22.3. The van der Waals surface area contributed by atoms with Crippen LogP contribution in [0.2, 0.25) is 0 Å². The van der Waals surface area contributed by atoms with E-state index in [9.17, 15) is 14.7 Å². The van der Waals surface area contributed by atoms with Crippen LogP contribution in [-0.4, -0.2) is 34.7 Å². The largest absolute Gasteiger partial charge is 0.481 e. The second-order valence-electron chi connectivity index (χ2n) is 5.72. The van der Waals surface area contributed by atoms with Crippen molar-refractivity contribution in [1.29, 1.82) is 0 Å². The third-order valence-corrected chi connectivity index (χ3v) is 3.89. The molecule has 0 spiro atoms. The SMILES string of the molecule is O=C(O)CCCCCCNC(=O)/C=C/C1CCCCC1O. The molecule has 120 valence electrons. The molecule has 5 nitrogen and oxygen atoms in total. The molecule has 1 amide bonds. The van der Waals surface area contributed by atoms with E-state index in [4.69, 9.17) is 5.11 Å². The van der Waals surface area contributed by atoms with Gasteiger partial charge in [0.2, 0.25) is 5.91 Å². The summed E-state index contributed by atoms with van der Waals surface area (Å²) in [7, 11) is 0. The van der Waals surface area contributed by atoms with E-state index in [1.54, 1.807) is 0 Å². The van der Waals surface area contributed by atoms with Crippen LogP contribution >= 0.6 is 0 Å². The summed E-state index contributed by atoms with van der Waals surface area (Å²) in [6.45, 7) is 0.615. The van der Waals surface area contributed by atoms with E-state index in [2.05, 4.69) is 5.32 Å². The van der Waals surface area contributed by atoms with E-state index >= 15 is 0 Å². The third-order valence-electron chi connectivity index (χ3n) is 3.89. The standard InChI is InChI=1S/C16H27NO4/c18-14-8-5-4-7-13(14)10-11-15(19)17-12-6-2-1-3-9-16(20)21/h10-11,13-14,18H,1-9,12H2,(H,17,19)(H,20,21)/b11-10+. The molecule has 0 bridgehead atoms. The summed E-state index contributed by atoms with van der Waals surface area (Å²) in [6, 6.07) is 0. The Bertz CT molecular complexity index is 354. The smallest absolute Gasteiger partial charge is 0.303 e. The number of carboxylic acids is 1. The first-order valence-corrected chi connectivity index (χ1v) is 7.95. The maximum Gasteiger partial charge on any atom is 0.303 e. The fourth-order valence-electron chi connectivity index (χ4n) is 2.60. The van der Waals surface area contributed by atoms with Gasteiger partial charge in [-0.05, 0) is 31.8 Å². The Morgan fingerprint density at radius 1 is 1.10 bits per heavy atom. The van der Waals surface area contributed by atoms with Crippen molar-refractivity contribution in [2.75, 3.05) is 6.54 Å². The van der Waals surface area contributed by atoms with E-state index in [0.29, 0.717) is 13.0 Å². The summed E-state index contributed by atoms with van der Waals surface area (Å²) in [5, 5.41) is 21.1. The molecule has 1 fully saturated rings. The first kappa shape index (κ1) is 17.7. The van der Waals surface area contributed by atoms with E-state index in [1.165, 1.54) is 6.08 Å². The van der Waals surface area contributed by atoms with Crippen LogP contribution in [0.25, 0.3) is 0 Å². The molecule has 0 aliphatic heterocycles. The zero-order chi connectivity index (χ0) is 15.5. The van der Waals surface area contributed by atoms with Crippen LogP contribution in [0.4, 0.5) is 0 Å². The van der Waals surface area contributed by atoms with Gasteiger partial charge >= 0.3 is 5.97 Å². The molecule has 2 unspecified atom stereocenters. The van der Waals surface area contributed by atoms with E-state index in [1.807, 2.05) is 6.08 Å². The highest BCUT2D eigenvalue weighted by Crippen LogP contribution is 2.25. The number of carbonyl (C=O) groups is 2. The van der Waals surface area contributed by atoms with E-state index in [-0.39, 0.29) is 24.3 Å². The minimum atomic E-state index is -0.752. The second-order valence-corrected chi connectivity index (χ2v) is 5.72. The number of carboxylic acid groups (broad SMARTS) is 1. The molecule has 1 aliphatic carbocycles. The number of carbonyl (C=O) groups excluding carboxylic acids is 1. The van der Waals surface area contributed by atoms with Crippen molar-refractivity contribution in [2.45, 2.75) is 63.9 Å². The minimum absolute atomic E-state index is 0.112. The highest BCUT2D eigenvalue weighted by molar-refractivity contribution is 5.87. The Labute approximate surface area is 126 Å². The molecular weight excluding hydrogens is 270 g/mol. The van der Waals surface area contributed by atoms with Crippen LogP contribution in [0.5, 0.6) is 0 Å². The van der Waals surface area contributed by atoms with Gasteiger partial charge in [0, 0.05) is 18.9 Å². The van der Waals surface area contributed by atoms with E-state index in [0.717, 1.165) is 44.9 Å². The van der Waals surface area contributed by atoms with Crippen molar-refractivity contribution >= 4 is 11.9 Å². The van der Waals surface area contributed by atoms with Crippen molar-refractivity contribution in [3.63, 3.8) is 0 Å². The zero-order valence-electron chi connectivity index (χ0n) is 12.6. The Kier molecular flexibility index (Phi) is 8.74. The Morgan fingerprint density at radius 2 is 1.81 bits per heavy atom. The van der Waals surface area contributed by atoms with Crippen LogP contribution in [0.1, 0.15) is 57.8 Å². The van der Waals surface area contributed by atoms with Crippen LogP contribution in [0.15, 0.2) is 12.2 Å². The summed E-state index contributed by atoms with van der Waals surface area (Å²) in [4.78, 5) is 21.9. The van der Waals surface area contributed by atoms with Crippen LogP contribution < -0.4 is 5.32 Å². The Balaban J connectivity index is 2.04. The molecule has 0 aromatic rings. The summed E-state index contributed by atoms with van der Waals surface area (Å²) in [5.41, 5.74) is 0. The Hall–Kier alpha value is -1.36. The predicted molar refractivity (Wildman–Crippen MR) is 80.8 cm³/mol. The lowest BCUT2D eigenvalue weighted by Crippen LogP contribution is -2.25. The van der Waals surface area contributed by atoms with Crippen molar-refractivity contribution in [3.05, 3.63) is 12.2 Å². The number of amides is 1. The number of hydrogen-bond acceptors (Lipinski definition) is 3. The second kappa shape index (κ2) is 10.4. The number of unbranched alkanes of at least 4 members (excludes halogenated alkanes) is 3. The first-order valence-electron chi connectivity index (χ1n) is 7.95. The van der Waals surface area contributed by atoms with Gasteiger partial charge in [-0.3, -0.25) is 9.59 Å². The lowest BCUT2D eigenvalue weighted by atomic mass is 9.86. The van der Waals surface area contributed by atoms with Crippen molar-refractivity contribution in [2.24, 2.45) is 5.92 Å². The molecule has 1 aliphatic rings. The molecule has 21 heavy (non-hydrogen) atoms. The summed E-state index contributed by atoms with van der Waals surface area (Å²) >= 11 is 0. The zero-order valence-corrected chi connectivity index (χ0v) is 12.6. The van der Waals surface area contributed by atoms with Crippen molar-refractivity contribution in [1.82, 2.24) is 5.32 Å². The van der Waals surface area contributed by atoms with Gasteiger partial charge in [0.25, 0.3) is 0 Å². The average Bonchev–Trinajstić information content (AvgIpc) is 2.45. The molecule has 0 saturated heterocycles. The highest BCUT2D eigenvalue weighted by atomic mass is 16.4. The van der Waals surface area contributed by atoms with Crippen molar-refractivity contribution in [3.8, 4) is 0 Å². The molecule has 0 aromatic heterocycles. The molecule has 1 rings (SSSR count). The topological polar surface area (TPSA) is 86.6 Å². The molecule has 2 atom stereocenters. The molecular formula is C16H27NO4. The van der Waals surface area contributed by atoms with Gasteiger partial charge in [-0.25, -0.2) is 0 Å². The molecule has 0 aromatic carbocycles. The van der Waals surface area contributed by atoms with Gasteiger partial charge in [-0.2, -0.15) is 0 Å². The van der Waals surface area contributed by atoms with Gasteiger partial charge in [0.1, 0.15) is 0 Å². The van der Waals surface area contributed by atoms with Gasteiger partial charge < -0.3 is 15.5 Å².